The van der Waals surface area contributed by atoms with Crippen molar-refractivity contribution in [3.8, 4) is 5.75 Å². The van der Waals surface area contributed by atoms with E-state index in [9.17, 15) is 0 Å². The Labute approximate surface area is 135 Å². The monoisotopic (exact) mass is 299 g/mol. The lowest BCUT2D eigenvalue weighted by Crippen LogP contribution is -2.26. The highest BCUT2D eigenvalue weighted by Crippen LogP contribution is 2.44. The maximum absolute atomic E-state index is 6.20. The number of nitrogens with one attached hydrogen (secondary N) is 1. The van der Waals surface area contributed by atoms with Crippen molar-refractivity contribution in [2.75, 3.05) is 19.7 Å². The lowest BCUT2D eigenvalue weighted by atomic mass is 9.76. The molecule has 2 nitrogen and oxygen atoms in total. The van der Waals surface area contributed by atoms with E-state index in [-0.39, 0.29) is 0 Å². The second-order valence-corrected chi connectivity index (χ2v) is 6.64. The standard InChI is InChI=1S/C20H29NO/c1-3-7-17-15(4-2)14-22-19-9-6-5-8-18(19)20(17)16-10-12-21-13-11-16/h5-6,8-9,15,17,21H,3-4,7,10-14H2,1-2H3. The molecule has 0 saturated carbocycles. The van der Waals surface area contributed by atoms with Gasteiger partial charge in [0.25, 0.3) is 0 Å². The minimum Gasteiger partial charge on any atom is -0.493 e. The summed E-state index contributed by atoms with van der Waals surface area (Å²) in [5.74, 6) is 2.40. The van der Waals surface area contributed by atoms with Crippen LogP contribution in [0.4, 0.5) is 0 Å². The summed E-state index contributed by atoms with van der Waals surface area (Å²) in [6, 6.07) is 8.70. The zero-order valence-electron chi connectivity index (χ0n) is 14.0. The fraction of sp³-hybridized carbons (Fsp3) is 0.600. The van der Waals surface area contributed by atoms with Gasteiger partial charge in [-0.1, -0.05) is 44.0 Å². The van der Waals surface area contributed by atoms with Gasteiger partial charge in [0.15, 0.2) is 0 Å². The van der Waals surface area contributed by atoms with Crippen molar-refractivity contribution in [3.05, 3.63) is 35.4 Å². The van der Waals surface area contributed by atoms with E-state index >= 15 is 0 Å². The summed E-state index contributed by atoms with van der Waals surface area (Å²) in [6.45, 7) is 7.74. The van der Waals surface area contributed by atoms with Gasteiger partial charge in [-0.15, -0.1) is 0 Å². The van der Waals surface area contributed by atoms with E-state index in [1.807, 2.05) is 0 Å². The predicted molar refractivity (Wildman–Crippen MR) is 93.1 cm³/mol. The Balaban J connectivity index is 2.11. The Hall–Kier alpha value is -1.28. The van der Waals surface area contributed by atoms with Crippen LogP contribution in [0.2, 0.25) is 0 Å². The molecule has 1 aromatic carbocycles. The minimum atomic E-state index is 0.643. The van der Waals surface area contributed by atoms with E-state index in [0.29, 0.717) is 11.8 Å². The first-order valence-electron chi connectivity index (χ1n) is 9.00. The molecule has 2 unspecified atom stereocenters. The first-order chi connectivity index (χ1) is 10.8. The van der Waals surface area contributed by atoms with Gasteiger partial charge in [0.2, 0.25) is 0 Å². The van der Waals surface area contributed by atoms with Crippen LogP contribution in [0.1, 0.15) is 51.5 Å². The van der Waals surface area contributed by atoms with Crippen LogP contribution in [-0.2, 0) is 0 Å². The second-order valence-electron chi connectivity index (χ2n) is 6.64. The molecule has 1 saturated heterocycles. The van der Waals surface area contributed by atoms with Gasteiger partial charge in [-0.25, -0.2) is 0 Å². The zero-order valence-corrected chi connectivity index (χ0v) is 14.0. The molecule has 0 radical (unpaired) electrons. The Morgan fingerprint density at radius 3 is 2.64 bits per heavy atom. The molecule has 3 rings (SSSR count). The SMILES string of the molecule is CCCC1C(=C2CCNCC2)c2ccccc2OCC1CC. The van der Waals surface area contributed by atoms with Gasteiger partial charge in [-0.3, -0.25) is 0 Å². The third-order valence-corrected chi connectivity index (χ3v) is 5.28. The van der Waals surface area contributed by atoms with Crippen molar-refractivity contribution in [1.82, 2.24) is 5.32 Å². The highest BCUT2D eigenvalue weighted by atomic mass is 16.5. The van der Waals surface area contributed by atoms with E-state index in [1.165, 1.54) is 37.7 Å². The molecule has 0 spiro atoms. The number of hydrogen-bond donors (Lipinski definition) is 1. The molecule has 2 atom stereocenters. The molecule has 0 aromatic heterocycles. The van der Waals surface area contributed by atoms with Gasteiger partial charge in [0.05, 0.1) is 6.61 Å². The highest BCUT2D eigenvalue weighted by Gasteiger charge is 2.31. The summed E-state index contributed by atoms with van der Waals surface area (Å²) < 4.78 is 6.20. The molecule has 120 valence electrons. The Kier molecular flexibility index (Phi) is 5.20. The molecular weight excluding hydrogens is 270 g/mol. The number of allylic oxidation sites excluding steroid dienone is 1. The lowest BCUT2D eigenvalue weighted by molar-refractivity contribution is 0.215. The normalized spacial score (nSPS) is 25.4. The Morgan fingerprint density at radius 2 is 1.91 bits per heavy atom. The van der Waals surface area contributed by atoms with Gasteiger partial charge >= 0.3 is 0 Å². The van der Waals surface area contributed by atoms with E-state index in [1.54, 1.807) is 11.1 Å². The Bertz CT molecular complexity index is 526. The predicted octanol–water partition coefficient (Wildman–Crippen LogP) is 4.66. The molecule has 0 aliphatic carbocycles. The second kappa shape index (κ2) is 7.32. The van der Waals surface area contributed by atoms with Crippen molar-refractivity contribution in [3.63, 3.8) is 0 Å². The van der Waals surface area contributed by atoms with Crippen LogP contribution in [0.15, 0.2) is 29.8 Å². The topological polar surface area (TPSA) is 21.3 Å². The van der Waals surface area contributed by atoms with Crippen LogP contribution in [-0.4, -0.2) is 19.7 Å². The summed E-state index contributed by atoms with van der Waals surface area (Å²) in [5.41, 5.74) is 4.67. The third kappa shape index (κ3) is 3.08. The van der Waals surface area contributed by atoms with Gasteiger partial charge in [0.1, 0.15) is 5.75 Å². The summed E-state index contributed by atoms with van der Waals surface area (Å²) in [6.07, 6.45) is 6.12. The fourth-order valence-corrected chi connectivity index (χ4v) is 4.11. The van der Waals surface area contributed by atoms with Crippen LogP contribution in [0.3, 0.4) is 0 Å². The molecule has 2 heterocycles. The van der Waals surface area contributed by atoms with Crippen LogP contribution >= 0.6 is 0 Å². The largest absolute Gasteiger partial charge is 0.493 e. The van der Waals surface area contributed by atoms with Gasteiger partial charge in [0, 0.05) is 5.56 Å². The molecule has 1 fully saturated rings. The van der Waals surface area contributed by atoms with Crippen LogP contribution in [0.25, 0.3) is 5.57 Å². The van der Waals surface area contributed by atoms with Crippen molar-refractivity contribution in [2.45, 2.75) is 46.0 Å². The minimum absolute atomic E-state index is 0.643. The molecule has 1 aromatic rings. The number of benzene rings is 1. The fourth-order valence-electron chi connectivity index (χ4n) is 4.11. The van der Waals surface area contributed by atoms with Crippen molar-refractivity contribution >= 4 is 5.57 Å². The summed E-state index contributed by atoms with van der Waals surface area (Å²) in [5, 5.41) is 3.50. The molecule has 2 aliphatic rings. The number of piperidine rings is 1. The van der Waals surface area contributed by atoms with Gasteiger partial charge in [-0.2, -0.15) is 0 Å². The Morgan fingerprint density at radius 1 is 1.14 bits per heavy atom. The van der Waals surface area contributed by atoms with E-state index in [0.717, 1.165) is 25.4 Å². The average Bonchev–Trinajstić information content (AvgIpc) is 2.73. The quantitative estimate of drug-likeness (QED) is 0.876. The average molecular weight is 299 g/mol. The number of fused-ring (bicyclic) bond motifs is 1. The lowest BCUT2D eigenvalue weighted by Gasteiger charge is -2.29. The maximum atomic E-state index is 6.20. The smallest absolute Gasteiger partial charge is 0.126 e. The first kappa shape index (κ1) is 15.6. The third-order valence-electron chi connectivity index (χ3n) is 5.28. The van der Waals surface area contributed by atoms with Crippen LogP contribution in [0.5, 0.6) is 5.75 Å². The summed E-state index contributed by atoms with van der Waals surface area (Å²) >= 11 is 0. The highest BCUT2D eigenvalue weighted by molar-refractivity contribution is 5.75. The number of hydrogen-bond acceptors (Lipinski definition) is 2. The number of rotatable bonds is 3. The summed E-state index contributed by atoms with van der Waals surface area (Å²) in [7, 11) is 0. The molecule has 2 aliphatic heterocycles. The molecule has 0 amide bonds. The molecule has 1 N–H and O–H groups in total. The molecular formula is C20H29NO. The van der Waals surface area contributed by atoms with Crippen LogP contribution < -0.4 is 10.1 Å². The molecule has 2 heteroatoms. The first-order valence-corrected chi connectivity index (χ1v) is 9.00. The van der Waals surface area contributed by atoms with E-state index < -0.39 is 0 Å². The van der Waals surface area contributed by atoms with Gasteiger partial charge in [-0.05, 0) is 62.2 Å². The van der Waals surface area contributed by atoms with Crippen molar-refractivity contribution in [2.24, 2.45) is 11.8 Å². The van der Waals surface area contributed by atoms with Crippen LogP contribution in [0, 0.1) is 11.8 Å². The molecule has 0 bridgehead atoms. The maximum Gasteiger partial charge on any atom is 0.126 e. The zero-order chi connectivity index (χ0) is 15.4. The van der Waals surface area contributed by atoms with Crippen molar-refractivity contribution in [1.29, 1.82) is 0 Å². The number of para-hydroxylation sites is 1. The van der Waals surface area contributed by atoms with E-state index in [4.69, 9.17) is 4.74 Å². The van der Waals surface area contributed by atoms with Gasteiger partial charge < -0.3 is 10.1 Å². The molecule has 22 heavy (non-hydrogen) atoms. The number of ether oxygens (including phenoxy) is 1. The summed E-state index contributed by atoms with van der Waals surface area (Å²) in [4.78, 5) is 0. The van der Waals surface area contributed by atoms with Crippen molar-refractivity contribution < 1.29 is 4.74 Å². The van der Waals surface area contributed by atoms with E-state index in [2.05, 4.69) is 43.4 Å².